The molecule has 0 aliphatic rings. The molecule has 0 radical (unpaired) electrons. The van der Waals surface area contributed by atoms with E-state index in [1.807, 2.05) is 24.3 Å². The predicted octanol–water partition coefficient (Wildman–Crippen LogP) is 0.500. The number of nitrogens with zero attached hydrogens (tertiary/aromatic N) is 3. The van der Waals surface area contributed by atoms with Gasteiger partial charge in [-0.05, 0) is 56.1 Å². The molecule has 1 atom stereocenters. The molecule has 0 heterocycles. The Morgan fingerprint density at radius 1 is 0.848 bits per heavy atom. The second kappa shape index (κ2) is 24.1. The average molecular weight is 670 g/mol. The van der Waals surface area contributed by atoms with E-state index in [0.29, 0.717) is 24.5 Å². The van der Waals surface area contributed by atoms with Gasteiger partial charge in [-0.1, -0.05) is 18.6 Å². The molecule has 0 aliphatic carbocycles. The Labute approximate surface area is 272 Å². The highest BCUT2D eigenvalue weighted by molar-refractivity contribution is 7.80. The standard InChI is InChI=1S/C29H43N5O11S/c1-23(38)5-3-2-4-10-30-29(46)31-25-8-6-24(7-9-25)13-26(34(18-44-21-36)19-45-22-37)14-33(17-43-20-35)12-11-32(15-27(39)40)16-28(41)42/h6-9,20-22,26H,2-5,10-19H2,1H3,(H,39,40)(H,41,42)(H2,30,31,46)/t26-/m1/s1. The number of ether oxygens (including phenoxy) is 3. The van der Waals surface area contributed by atoms with E-state index in [9.17, 15) is 28.8 Å². The van der Waals surface area contributed by atoms with Crippen LogP contribution in [0.2, 0.25) is 0 Å². The van der Waals surface area contributed by atoms with Crippen molar-refractivity contribution >= 4 is 60.2 Å². The van der Waals surface area contributed by atoms with Gasteiger partial charge in [-0.3, -0.25) is 33.8 Å². The molecular weight excluding hydrogens is 626 g/mol. The fourth-order valence-corrected chi connectivity index (χ4v) is 4.60. The maximum absolute atomic E-state index is 11.2. The third-order valence-electron chi connectivity index (χ3n) is 6.55. The number of benzene rings is 1. The Kier molecular flexibility index (Phi) is 20.9. The number of carboxylic acids is 2. The maximum atomic E-state index is 11.2. The third-order valence-corrected chi connectivity index (χ3v) is 6.80. The summed E-state index contributed by atoms with van der Waals surface area (Å²) >= 11 is 5.37. The molecule has 16 nitrogen and oxygen atoms in total. The van der Waals surface area contributed by atoms with Crippen LogP contribution in [-0.4, -0.2) is 133 Å². The van der Waals surface area contributed by atoms with Crippen LogP contribution in [0.5, 0.6) is 0 Å². The number of carbonyl (C=O) groups excluding carboxylic acids is 4. The Bertz CT molecular complexity index is 1080. The monoisotopic (exact) mass is 669 g/mol. The van der Waals surface area contributed by atoms with Gasteiger partial charge >= 0.3 is 11.9 Å². The van der Waals surface area contributed by atoms with Gasteiger partial charge in [0, 0.05) is 44.3 Å². The van der Waals surface area contributed by atoms with Crippen LogP contribution in [0.4, 0.5) is 5.69 Å². The molecule has 0 aromatic heterocycles. The minimum atomic E-state index is -1.20. The van der Waals surface area contributed by atoms with E-state index < -0.39 is 31.1 Å². The van der Waals surface area contributed by atoms with E-state index in [1.165, 1.54) is 4.90 Å². The van der Waals surface area contributed by atoms with Gasteiger partial charge in [0.1, 0.15) is 26.0 Å². The zero-order valence-corrected chi connectivity index (χ0v) is 26.7. The molecule has 46 heavy (non-hydrogen) atoms. The molecule has 17 heteroatoms. The van der Waals surface area contributed by atoms with Gasteiger partial charge in [0.05, 0.1) is 13.1 Å². The molecule has 0 spiro atoms. The number of anilines is 1. The molecule has 1 aromatic rings. The SMILES string of the molecule is CC(=O)CCCCCNC(=S)Nc1ccc(C[C@H](CN(CCN(CC(=O)O)CC(=O)O)COC=O)N(COC=O)COC=O)cc1. The third kappa shape index (κ3) is 19.3. The largest absolute Gasteiger partial charge is 0.480 e. The van der Waals surface area contributed by atoms with Crippen molar-refractivity contribution in [2.45, 2.75) is 45.1 Å². The van der Waals surface area contributed by atoms with Crippen LogP contribution in [0, 0.1) is 0 Å². The second-order valence-electron chi connectivity index (χ2n) is 10.3. The summed E-state index contributed by atoms with van der Waals surface area (Å²) in [5, 5.41) is 25.0. The van der Waals surface area contributed by atoms with Crippen molar-refractivity contribution in [3.63, 3.8) is 0 Å². The number of ketones is 1. The first-order valence-corrected chi connectivity index (χ1v) is 14.9. The summed E-state index contributed by atoms with van der Waals surface area (Å²) < 4.78 is 14.8. The highest BCUT2D eigenvalue weighted by Crippen LogP contribution is 2.15. The number of nitrogens with one attached hydrogen (secondary N) is 2. The Hall–Kier alpha value is -4.19. The van der Waals surface area contributed by atoms with Crippen LogP contribution in [0.15, 0.2) is 24.3 Å². The van der Waals surface area contributed by atoms with Crippen molar-refractivity contribution in [2.24, 2.45) is 0 Å². The smallest absolute Gasteiger partial charge is 0.317 e. The lowest BCUT2D eigenvalue weighted by Gasteiger charge is -2.34. The maximum Gasteiger partial charge on any atom is 0.317 e. The fourth-order valence-electron chi connectivity index (χ4n) is 4.38. The number of thiocarbonyl (C=S) groups is 1. The first-order valence-electron chi connectivity index (χ1n) is 14.5. The molecule has 1 aromatic carbocycles. The highest BCUT2D eigenvalue weighted by Gasteiger charge is 2.24. The number of carbonyl (C=O) groups is 6. The van der Waals surface area contributed by atoms with Crippen molar-refractivity contribution < 1.29 is 53.2 Å². The molecule has 256 valence electrons. The molecule has 0 saturated heterocycles. The number of Topliss-reactive ketones (excluding diaryl/α,β-unsaturated/α-hetero) is 1. The van der Waals surface area contributed by atoms with E-state index in [0.717, 1.165) is 30.5 Å². The number of hydrogen-bond acceptors (Lipinski definition) is 13. The lowest BCUT2D eigenvalue weighted by Crippen LogP contribution is -2.49. The van der Waals surface area contributed by atoms with Gasteiger partial charge in [0.15, 0.2) is 5.11 Å². The summed E-state index contributed by atoms with van der Waals surface area (Å²) in [6.07, 6.45) is 3.55. The summed E-state index contributed by atoms with van der Waals surface area (Å²) in [6, 6.07) is 6.86. The number of unbranched alkanes of at least 4 members (excludes halogenated alkanes) is 2. The van der Waals surface area contributed by atoms with E-state index in [2.05, 4.69) is 10.6 Å². The summed E-state index contributed by atoms with van der Waals surface area (Å²) in [5.41, 5.74) is 1.58. The molecule has 0 aliphatic heterocycles. The zero-order valence-electron chi connectivity index (χ0n) is 25.8. The number of rotatable bonds is 28. The first kappa shape index (κ1) is 39.8. The van der Waals surface area contributed by atoms with E-state index >= 15 is 0 Å². The topological polar surface area (TPSA) is 204 Å². The first-order chi connectivity index (χ1) is 22.1. The summed E-state index contributed by atoms with van der Waals surface area (Å²) in [7, 11) is 0. The summed E-state index contributed by atoms with van der Waals surface area (Å²) in [6.45, 7) is 1.60. The predicted molar refractivity (Wildman–Crippen MR) is 168 cm³/mol. The van der Waals surface area contributed by atoms with Crippen LogP contribution >= 0.6 is 12.2 Å². The van der Waals surface area contributed by atoms with Crippen molar-refractivity contribution in [3.8, 4) is 0 Å². The van der Waals surface area contributed by atoms with Gasteiger partial charge in [0.25, 0.3) is 19.4 Å². The Balaban J connectivity index is 3.01. The van der Waals surface area contributed by atoms with Crippen molar-refractivity contribution in [1.82, 2.24) is 20.0 Å². The quantitative estimate of drug-likeness (QED) is 0.0315. The summed E-state index contributed by atoms with van der Waals surface area (Å²) in [5.74, 6) is -2.22. The molecule has 4 N–H and O–H groups in total. The van der Waals surface area contributed by atoms with Gasteiger partial charge < -0.3 is 39.9 Å². The van der Waals surface area contributed by atoms with Crippen LogP contribution in [0.25, 0.3) is 0 Å². The van der Waals surface area contributed by atoms with Crippen molar-refractivity contribution in [2.75, 3.05) is 64.8 Å². The van der Waals surface area contributed by atoms with Gasteiger partial charge in [-0.25, -0.2) is 4.90 Å². The molecule has 0 unspecified atom stereocenters. The lowest BCUT2D eigenvalue weighted by molar-refractivity contribution is -0.147. The number of carboxylic acid groups (broad SMARTS) is 2. The van der Waals surface area contributed by atoms with Crippen LogP contribution in [0.3, 0.4) is 0 Å². The molecule has 0 fully saturated rings. The number of aliphatic carboxylic acids is 2. The van der Waals surface area contributed by atoms with Crippen molar-refractivity contribution in [1.29, 1.82) is 0 Å². The van der Waals surface area contributed by atoms with Crippen LogP contribution in [-0.2, 0) is 49.4 Å². The fraction of sp³-hybridized carbons (Fsp3) is 0.552. The molecule has 0 saturated carbocycles. The van der Waals surface area contributed by atoms with E-state index in [-0.39, 0.29) is 65.0 Å². The van der Waals surface area contributed by atoms with Gasteiger partial charge in [-0.2, -0.15) is 0 Å². The minimum absolute atomic E-state index is 0.0237. The van der Waals surface area contributed by atoms with E-state index in [4.69, 9.17) is 36.6 Å². The van der Waals surface area contributed by atoms with Gasteiger partial charge in [-0.15, -0.1) is 0 Å². The molecule has 0 bridgehead atoms. The molecule has 0 amide bonds. The number of hydrogen-bond donors (Lipinski definition) is 4. The molecule has 1 rings (SSSR count). The highest BCUT2D eigenvalue weighted by atomic mass is 32.1. The van der Waals surface area contributed by atoms with Gasteiger partial charge in [0.2, 0.25) is 0 Å². The van der Waals surface area contributed by atoms with Crippen LogP contribution in [0.1, 0.15) is 38.2 Å². The Morgan fingerprint density at radius 2 is 1.41 bits per heavy atom. The second-order valence-corrected chi connectivity index (χ2v) is 10.7. The zero-order chi connectivity index (χ0) is 34.2. The van der Waals surface area contributed by atoms with Crippen molar-refractivity contribution in [3.05, 3.63) is 29.8 Å². The summed E-state index contributed by atoms with van der Waals surface area (Å²) in [4.78, 5) is 70.9. The molecular formula is C29H43N5O11S. The van der Waals surface area contributed by atoms with Crippen LogP contribution < -0.4 is 10.6 Å². The Morgan fingerprint density at radius 3 is 1.96 bits per heavy atom. The van der Waals surface area contributed by atoms with E-state index in [1.54, 1.807) is 16.7 Å². The normalized spacial score (nSPS) is 11.5. The lowest BCUT2D eigenvalue weighted by atomic mass is 10.0. The minimum Gasteiger partial charge on any atom is -0.480 e. The average Bonchev–Trinajstić information content (AvgIpc) is 3.00.